The molecule has 0 atom stereocenters. The van der Waals surface area contributed by atoms with Crippen molar-refractivity contribution in [3.63, 3.8) is 0 Å². The molecule has 1 fully saturated rings. The van der Waals surface area contributed by atoms with Gasteiger partial charge in [-0.25, -0.2) is 0 Å². The molecule has 0 aromatic carbocycles. The summed E-state index contributed by atoms with van der Waals surface area (Å²) >= 11 is 0. The molecule has 2 N–H and O–H groups in total. The van der Waals surface area contributed by atoms with E-state index in [0.29, 0.717) is 0 Å². The highest BCUT2D eigenvalue weighted by molar-refractivity contribution is 5.04. The lowest BCUT2D eigenvalue weighted by Crippen LogP contribution is -3.26. The predicted molar refractivity (Wildman–Crippen MR) is 54.5 cm³/mol. The van der Waals surface area contributed by atoms with Gasteiger partial charge in [-0.05, 0) is 19.1 Å². The van der Waals surface area contributed by atoms with Crippen molar-refractivity contribution in [2.75, 3.05) is 33.2 Å². The number of furan rings is 1. The maximum absolute atomic E-state index is 5.59. The van der Waals surface area contributed by atoms with E-state index in [2.05, 4.69) is 19.2 Å². The molecule has 0 amide bonds. The van der Waals surface area contributed by atoms with Gasteiger partial charge in [-0.1, -0.05) is 0 Å². The van der Waals surface area contributed by atoms with Crippen LogP contribution in [-0.4, -0.2) is 33.2 Å². The number of hydrogen-bond donors (Lipinski definition) is 2. The molecular formula is C11H20N2O+2. The maximum atomic E-state index is 5.59. The van der Waals surface area contributed by atoms with Gasteiger partial charge in [-0.3, -0.25) is 0 Å². The lowest BCUT2D eigenvalue weighted by molar-refractivity contribution is -1.01. The third-order valence-electron chi connectivity index (χ3n) is 3.03. The molecule has 2 heterocycles. The average Bonchev–Trinajstić information content (AvgIpc) is 2.56. The highest BCUT2D eigenvalue weighted by Gasteiger charge is 2.20. The first kappa shape index (κ1) is 9.74. The van der Waals surface area contributed by atoms with Gasteiger partial charge in [0.15, 0.2) is 5.76 Å². The summed E-state index contributed by atoms with van der Waals surface area (Å²) in [5, 5.41) is 0. The zero-order chi connectivity index (χ0) is 9.97. The fraction of sp³-hybridized carbons (Fsp3) is 0.636. The van der Waals surface area contributed by atoms with Gasteiger partial charge in [-0.2, -0.15) is 0 Å². The molecule has 1 aliphatic heterocycles. The van der Waals surface area contributed by atoms with Crippen LogP contribution >= 0.6 is 0 Å². The first-order valence-electron chi connectivity index (χ1n) is 5.44. The van der Waals surface area contributed by atoms with E-state index in [9.17, 15) is 0 Å². The van der Waals surface area contributed by atoms with Crippen LogP contribution in [0, 0.1) is 6.92 Å². The quantitative estimate of drug-likeness (QED) is 0.590. The van der Waals surface area contributed by atoms with E-state index in [0.717, 1.165) is 18.1 Å². The Hall–Kier alpha value is -0.800. The van der Waals surface area contributed by atoms with Crippen LogP contribution in [0.2, 0.25) is 0 Å². The van der Waals surface area contributed by atoms with Gasteiger partial charge in [0.2, 0.25) is 0 Å². The molecule has 1 aliphatic rings. The van der Waals surface area contributed by atoms with Crippen molar-refractivity contribution in [3.05, 3.63) is 23.7 Å². The molecule has 0 radical (unpaired) electrons. The standard InChI is InChI=1S/C11H18N2O/c1-10-3-4-11(14-10)9-13-7-5-12(2)6-8-13/h3-4H,5-9H2,1-2H3/p+2. The molecule has 1 saturated heterocycles. The summed E-state index contributed by atoms with van der Waals surface area (Å²) in [7, 11) is 2.27. The van der Waals surface area contributed by atoms with Crippen LogP contribution in [0.15, 0.2) is 16.5 Å². The summed E-state index contributed by atoms with van der Waals surface area (Å²) in [6.45, 7) is 8.18. The van der Waals surface area contributed by atoms with E-state index in [1.807, 2.05) is 6.92 Å². The molecule has 2 rings (SSSR count). The van der Waals surface area contributed by atoms with E-state index >= 15 is 0 Å². The normalized spacial score (nSPS) is 27.9. The van der Waals surface area contributed by atoms with E-state index in [1.54, 1.807) is 9.80 Å². The molecule has 0 bridgehead atoms. The van der Waals surface area contributed by atoms with Crippen molar-refractivity contribution >= 4 is 0 Å². The fourth-order valence-corrected chi connectivity index (χ4v) is 2.03. The molecule has 3 heteroatoms. The third-order valence-corrected chi connectivity index (χ3v) is 3.03. The summed E-state index contributed by atoms with van der Waals surface area (Å²) in [6.07, 6.45) is 0. The molecule has 0 unspecified atom stereocenters. The Bertz CT molecular complexity index is 287. The first-order chi connectivity index (χ1) is 6.74. The highest BCUT2D eigenvalue weighted by Crippen LogP contribution is 2.03. The fourth-order valence-electron chi connectivity index (χ4n) is 2.03. The Morgan fingerprint density at radius 2 is 1.93 bits per heavy atom. The second-order valence-electron chi connectivity index (χ2n) is 4.40. The summed E-state index contributed by atoms with van der Waals surface area (Å²) < 4.78 is 5.59. The Morgan fingerprint density at radius 3 is 2.50 bits per heavy atom. The second kappa shape index (κ2) is 4.15. The highest BCUT2D eigenvalue weighted by atomic mass is 16.3. The Morgan fingerprint density at radius 1 is 1.21 bits per heavy atom. The van der Waals surface area contributed by atoms with Crippen LogP contribution < -0.4 is 9.80 Å². The number of quaternary nitrogens is 2. The van der Waals surface area contributed by atoms with E-state index < -0.39 is 0 Å². The van der Waals surface area contributed by atoms with Gasteiger partial charge in [-0.15, -0.1) is 0 Å². The van der Waals surface area contributed by atoms with Crippen molar-refractivity contribution in [3.8, 4) is 0 Å². The van der Waals surface area contributed by atoms with E-state index in [4.69, 9.17) is 4.42 Å². The first-order valence-corrected chi connectivity index (χ1v) is 5.44. The van der Waals surface area contributed by atoms with Gasteiger partial charge in [0.05, 0.1) is 7.05 Å². The predicted octanol–water partition coefficient (Wildman–Crippen LogP) is -1.50. The lowest BCUT2D eigenvalue weighted by atomic mass is 10.3. The minimum Gasteiger partial charge on any atom is -0.460 e. The van der Waals surface area contributed by atoms with Crippen molar-refractivity contribution in [2.24, 2.45) is 0 Å². The Labute approximate surface area is 85.3 Å². The molecule has 0 spiro atoms. The van der Waals surface area contributed by atoms with E-state index in [-0.39, 0.29) is 0 Å². The van der Waals surface area contributed by atoms with Crippen LogP contribution in [0.1, 0.15) is 11.5 Å². The van der Waals surface area contributed by atoms with Gasteiger partial charge in [0, 0.05) is 0 Å². The number of likely N-dealkylation sites (N-methyl/N-ethyl adjacent to an activating group) is 1. The topological polar surface area (TPSA) is 22.0 Å². The largest absolute Gasteiger partial charge is 0.460 e. The smallest absolute Gasteiger partial charge is 0.158 e. The van der Waals surface area contributed by atoms with Gasteiger partial charge < -0.3 is 14.2 Å². The van der Waals surface area contributed by atoms with Crippen LogP contribution in [0.5, 0.6) is 0 Å². The zero-order valence-corrected chi connectivity index (χ0v) is 9.10. The molecule has 14 heavy (non-hydrogen) atoms. The van der Waals surface area contributed by atoms with Crippen LogP contribution in [-0.2, 0) is 6.54 Å². The molecule has 1 aromatic rings. The number of piperazine rings is 1. The molecule has 78 valence electrons. The van der Waals surface area contributed by atoms with Crippen molar-refractivity contribution in [1.29, 1.82) is 0 Å². The maximum Gasteiger partial charge on any atom is 0.158 e. The molecular weight excluding hydrogens is 176 g/mol. The molecule has 0 aliphatic carbocycles. The lowest BCUT2D eigenvalue weighted by Gasteiger charge is -2.26. The molecule has 0 saturated carbocycles. The van der Waals surface area contributed by atoms with Gasteiger partial charge >= 0.3 is 0 Å². The van der Waals surface area contributed by atoms with Crippen LogP contribution in [0.4, 0.5) is 0 Å². The third kappa shape index (κ3) is 2.36. The van der Waals surface area contributed by atoms with Crippen molar-refractivity contribution in [1.82, 2.24) is 0 Å². The van der Waals surface area contributed by atoms with Crippen LogP contribution in [0.25, 0.3) is 0 Å². The van der Waals surface area contributed by atoms with Gasteiger partial charge in [0.1, 0.15) is 38.5 Å². The Kier molecular flexibility index (Phi) is 2.89. The SMILES string of the molecule is Cc1ccc(C[NH+]2CC[NH+](C)CC2)o1. The summed E-state index contributed by atoms with van der Waals surface area (Å²) in [6, 6.07) is 4.16. The molecule has 3 nitrogen and oxygen atoms in total. The minimum atomic E-state index is 1.03. The number of aryl methyl sites for hydroxylation is 1. The van der Waals surface area contributed by atoms with Crippen molar-refractivity contribution < 1.29 is 14.2 Å². The molecule has 1 aromatic heterocycles. The minimum absolute atomic E-state index is 1.03. The number of hydrogen-bond acceptors (Lipinski definition) is 1. The summed E-state index contributed by atoms with van der Waals surface area (Å²) in [5.41, 5.74) is 0. The average molecular weight is 196 g/mol. The number of rotatable bonds is 2. The monoisotopic (exact) mass is 196 g/mol. The van der Waals surface area contributed by atoms with E-state index in [1.165, 1.54) is 26.2 Å². The Balaban J connectivity index is 1.86. The zero-order valence-electron chi connectivity index (χ0n) is 9.10. The second-order valence-corrected chi connectivity index (χ2v) is 4.40. The summed E-state index contributed by atoms with van der Waals surface area (Å²) in [4.78, 5) is 3.31. The summed E-state index contributed by atoms with van der Waals surface area (Å²) in [5.74, 6) is 2.16. The van der Waals surface area contributed by atoms with Gasteiger partial charge in [0.25, 0.3) is 0 Å². The number of nitrogens with one attached hydrogen (secondary N) is 2. The van der Waals surface area contributed by atoms with Crippen LogP contribution in [0.3, 0.4) is 0 Å². The van der Waals surface area contributed by atoms with Crippen molar-refractivity contribution in [2.45, 2.75) is 13.5 Å².